The number of amides is 1. The van der Waals surface area contributed by atoms with Crippen LogP contribution < -0.4 is 10.6 Å². The van der Waals surface area contributed by atoms with E-state index < -0.39 is 58.0 Å². The average molecular weight is 498 g/mol. The fourth-order valence-electron chi connectivity index (χ4n) is 6.66. The topological polar surface area (TPSA) is 165 Å². The van der Waals surface area contributed by atoms with Gasteiger partial charge in [-0.2, -0.15) is 0 Å². The number of carbonyl (C=O) groups is 3. The molecule has 36 heavy (non-hydrogen) atoms. The Balaban J connectivity index is 1.70. The molecule has 5 rings (SSSR count). The molecule has 1 aromatic rings. The number of likely N-dealkylation sites (N-methyl/N-ethyl adjacent to an activating group) is 1. The molecule has 1 saturated heterocycles. The molecule has 0 radical (unpaired) electrons. The van der Waals surface area contributed by atoms with E-state index in [4.69, 9.17) is 5.73 Å². The zero-order chi connectivity index (χ0) is 26.1. The molecule has 3 aliphatic carbocycles. The van der Waals surface area contributed by atoms with Gasteiger partial charge >= 0.3 is 0 Å². The normalized spacial score (nSPS) is 30.3. The first-order chi connectivity index (χ1) is 17.0. The largest absolute Gasteiger partial charge is 0.508 e. The van der Waals surface area contributed by atoms with Gasteiger partial charge in [-0.25, -0.2) is 0 Å². The van der Waals surface area contributed by atoms with Crippen molar-refractivity contribution in [3.05, 3.63) is 40.2 Å². The molecule has 2 fully saturated rings. The number of nitrogens with two attached hydrogens (primary N) is 1. The van der Waals surface area contributed by atoms with E-state index in [1.807, 2.05) is 6.07 Å². The predicted octanol–water partition coefficient (Wildman–Crippen LogP) is 0.954. The fraction of sp³-hybridized carbons (Fsp3) is 0.500. The number of phenolic OH excluding ortho intramolecular Hbond substituents is 1. The van der Waals surface area contributed by atoms with Gasteiger partial charge in [-0.05, 0) is 69.8 Å². The summed E-state index contributed by atoms with van der Waals surface area (Å²) in [4.78, 5) is 42.8. The highest BCUT2D eigenvalue weighted by Gasteiger charge is 2.64. The summed E-state index contributed by atoms with van der Waals surface area (Å²) in [6.07, 6.45) is 3.57. The van der Waals surface area contributed by atoms with Crippen molar-refractivity contribution in [2.45, 2.75) is 43.7 Å². The second-order valence-electron chi connectivity index (χ2n) is 10.5. The van der Waals surface area contributed by atoms with E-state index in [2.05, 4.69) is 4.90 Å². The van der Waals surface area contributed by atoms with Gasteiger partial charge in [-0.15, -0.1) is 0 Å². The highest BCUT2D eigenvalue weighted by atomic mass is 16.3. The number of hydrogen-bond donors (Lipinski definition) is 5. The maximum absolute atomic E-state index is 13.9. The van der Waals surface area contributed by atoms with Gasteiger partial charge in [-0.1, -0.05) is 0 Å². The summed E-state index contributed by atoms with van der Waals surface area (Å²) in [5, 5.41) is 44.5. The number of ketones is 2. The van der Waals surface area contributed by atoms with Crippen LogP contribution in [-0.4, -0.2) is 81.6 Å². The van der Waals surface area contributed by atoms with Crippen LogP contribution in [0.25, 0.3) is 5.76 Å². The molecule has 0 spiro atoms. The first-order valence-corrected chi connectivity index (χ1v) is 12.2. The van der Waals surface area contributed by atoms with Gasteiger partial charge in [0.15, 0.2) is 11.4 Å². The van der Waals surface area contributed by atoms with Gasteiger partial charge in [0.25, 0.3) is 5.91 Å². The van der Waals surface area contributed by atoms with E-state index in [1.165, 1.54) is 11.0 Å². The minimum absolute atomic E-state index is 0.0842. The molecule has 6 N–H and O–H groups in total. The lowest BCUT2D eigenvalue weighted by Crippen LogP contribution is -2.65. The average Bonchev–Trinajstić information content (AvgIpc) is 2.81. The van der Waals surface area contributed by atoms with Crippen LogP contribution in [-0.2, 0) is 20.8 Å². The summed E-state index contributed by atoms with van der Waals surface area (Å²) in [5.41, 5.74) is 3.51. The van der Waals surface area contributed by atoms with Crippen molar-refractivity contribution in [2.75, 3.05) is 32.1 Å². The smallest absolute Gasteiger partial charge is 0.255 e. The number of primary amides is 1. The number of carbonyl (C=O) groups excluding carboxylic acids is 3. The third-order valence-corrected chi connectivity index (χ3v) is 8.28. The van der Waals surface area contributed by atoms with E-state index in [-0.39, 0.29) is 23.3 Å². The number of fused-ring (bicyclic) bond motifs is 3. The number of piperidine rings is 1. The number of aromatic hydroxyl groups is 1. The first-order valence-electron chi connectivity index (χ1n) is 12.2. The van der Waals surface area contributed by atoms with E-state index in [1.54, 1.807) is 14.1 Å². The zero-order valence-corrected chi connectivity index (χ0v) is 20.3. The standard InChI is InChI=1S/C26H31N3O7/c1-28(2)20-14-11-12-10-13-15(29-8-4-3-5-9-29)6-7-16(30)18(13)21(31)17(12)23(33)26(14,36)24(34)19(22(20)32)25(27)35/h6-7,12,14,20,30-31,34,36H,3-5,8-11H2,1-2H3,(H2,27,35)/t12-,14-,20?,26-/m1/s1. The van der Waals surface area contributed by atoms with E-state index in [9.17, 15) is 34.8 Å². The third kappa shape index (κ3) is 3.20. The molecule has 1 unspecified atom stereocenters. The highest BCUT2D eigenvalue weighted by Crippen LogP contribution is 2.53. The fourth-order valence-corrected chi connectivity index (χ4v) is 6.66. The molecular weight excluding hydrogens is 466 g/mol. The number of nitrogens with zero attached hydrogens (tertiary/aromatic N) is 2. The molecule has 0 bridgehead atoms. The Morgan fingerprint density at radius 1 is 1.11 bits per heavy atom. The van der Waals surface area contributed by atoms with Crippen LogP contribution in [0, 0.1) is 11.8 Å². The molecule has 10 heteroatoms. The van der Waals surface area contributed by atoms with Crippen LogP contribution in [0.15, 0.2) is 29.0 Å². The van der Waals surface area contributed by atoms with E-state index in [0.29, 0.717) is 12.0 Å². The quantitative estimate of drug-likeness (QED) is 0.382. The van der Waals surface area contributed by atoms with Crippen LogP contribution in [0.4, 0.5) is 5.69 Å². The van der Waals surface area contributed by atoms with E-state index >= 15 is 0 Å². The number of Topliss-reactive ketones (excluding diaryl/α,β-unsaturated/α-hetero) is 2. The molecule has 4 aliphatic rings. The van der Waals surface area contributed by atoms with Crippen molar-refractivity contribution in [1.82, 2.24) is 4.90 Å². The Bertz CT molecular complexity index is 1240. The molecule has 1 amide bonds. The summed E-state index contributed by atoms with van der Waals surface area (Å²) in [6.45, 7) is 1.68. The van der Waals surface area contributed by atoms with Crippen LogP contribution in [0.5, 0.6) is 5.75 Å². The lowest BCUT2D eigenvalue weighted by Gasteiger charge is -2.50. The minimum Gasteiger partial charge on any atom is -0.508 e. The second-order valence-corrected chi connectivity index (χ2v) is 10.5. The van der Waals surface area contributed by atoms with Gasteiger partial charge in [0.2, 0.25) is 5.78 Å². The Hall–Kier alpha value is -3.37. The predicted molar refractivity (Wildman–Crippen MR) is 130 cm³/mol. The Morgan fingerprint density at radius 3 is 2.39 bits per heavy atom. The summed E-state index contributed by atoms with van der Waals surface area (Å²) in [5.74, 6) is -6.38. The summed E-state index contributed by atoms with van der Waals surface area (Å²) < 4.78 is 0. The van der Waals surface area contributed by atoms with Crippen LogP contribution in [0.2, 0.25) is 0 Å². The van der Waals surface area contributed by atoms with Crippen LogP contribution in [0.1, 0.15) is 36.8 Å². The summed E-state index contributed by atoms with van der Waals surface area (Å²) in [6, 6.07) is 2.21. The van der Waals surface area contributed by atoms with Crippen LogP contribution in [0.3, 0.4) is 0 Å². The number of phenols is 1. The first kappa shape index (κ1) is 24.3. The molecule has 10 nitrogen and oxygen atoms in total. The Morgan fingerprint density at radius 2 is 1.78 bits per heavy atom. The van der Waals surface area contributed by atoms with E-state index in [0.717, 1.165) is 38.0 Å². The van der Waals surface area contributed by atoms with Gasteiger partial charge < -0.3 is 31.1 Å². The lowest BCUT2D eigenvalue weighted by atomic mass is 9.57. The Kier molecular flexibility index (Phi) is 5.64. The molecule has 1 heterocycles. The molecule has 0 aromatic heterocycles. The molecular formula is C26H31N3O7. The maximum atomic E-state index is 13.9. The van der Waals surface area contributed by atoms with Gasteiger partial charge in [0.05, 0.1) is 11.6 Å². The second kappa shape index (κ2) is 8.35. The zero-order valence-electron chi connectivity index (χ0n) is 20.3. The maximum Gasteiger partial charge on any atom is 0.255 e. The number of aliphatic hydroxyl groups excluding tert-OH is 2. The number of benzene rings is 1. The molecule has 1 saturated carbocycles. The molecule has 1 aliphatic heterocycles. The van der Waals surface area contributed by atoms with Gasteiger partial charge in [0, 0.05) is 30.3 Å². The number of rotatable bonds is 3. The van der Waals surface area contributed by atoms with Crippen molar-refractivity contribution < 1.29 is 34.8 Å². The summed E-state index contributed by atoms with van der Waals surface area (Å²) >= 11 is 0. The molecule has 1 aromatic carbocycles. The number of anilines is 1. The monoisotopic (exact) mass is 497 g/mol. The third-order valence-electron chi connectivity index (χ3n) is 8.28. The van der Waals surface area contributed by atoms with Crippen molar-refractivity contribution in [1.29, 1.82) is 0 Å². The highest BCUT2D eigenvalue weighted by molar-refractivity contribution is 6.24. The van der Waals surface area contributed by atoms with Crippen molar-refractivity contribution in [3.63, 3.8) is 0 Å². The lowest BCUT2D eigenvalue weighted by molar-refractivity contribution is -0.153. The van der Waals surface area contributed by atoms with Crippen molar-refractivity contribution in [3.8, 4) is 5.75 Å². The summed E-state index contributed by atoms with van der Waals surface area (Å²) in [7, 11) is 3.17. The Labute approximate surface area is 208 Å². The SMILES string of the molecule is CN(C)C1C(=O)C(C(N)=O)=C(O)[C@]2(O)C(=O)C3=C(O)c4c(O)ccc(N5CCCCC5)c4C[C@@H]3C[C@H]12. The van der Waals surface area contributed by atoms with Gasteiger partial charge in [0.1, 0.15) is 22.8 Å². The van der Waals surface area contributed by atoms with Crippen LogP contribution >= 0.6 is 0 Å². The number of hydrogen-bond acceptors (Lipinski definition) is 9. The minimum atomic E-state index is -2.62. The van der Waals surface area contributed by atoms with Crippen molar-refractivity contribution in [2.24, 2.45) is 17.6 Å². The molecule has 192 valence electrons. The number of aliphatic hydroxyl groups is 3. The molecule has 4 atom stereocenters. The van der Waals surface area contributed by atoms with Gasteiger partial charge in [-0.3, -0.25) is 19.3 Å². The van der Waals surface area contributed by atoms with Crippen molar-refractivity contribution >= 4 is 28.9 Å².